The molecule has 1 aromatic heterocycles. The van der Waals surface area contributed by atoms with Gasteiger partial charge in [-0.3, -0.25) is 4.79 Å². The zero-order valence-electron chi connectivity index (χ0n) is 18.7. The lowest BCUT2D eigenvalue weighted by molar-refractivity contribution is -0.138. The number of anilines is 1. The number of nitrogens with zero attached hydrogens (tertiary/aromatic N) is 2. The van der Waals surface area contributed by atoms with Crippen molar-refractivity contribution in [1.82, 2.24) is 4.98 Å². The third-order valence-electron chi connectivity index (χ3n) is 6.24. The number of carboxylic acids is 1. The summed E-state index contributed by atoms with van der Waals surface area (Å²) in [5.74, 6) is -0.835. The normalized spacial score (nSPS) is 15.9. The van der Waals surface area contributed by atoms with Gasteiger partial charge in [-0.05, 0) is 47.6 Å². The summed E-state index contributed by atoms with van der Waals surface area (Å²) in [4.78, 5) is 19.6. The standard InChI is InChI=1S/C28H25FN2O2S/c29-24-14-12-21(13-15-24)20-8-10-22(11-9-20)26-27(23-6-2-1-3-7-23)34-28(30-26)31-16-4-5-19(18-31)17-25(32)33/h1-3,6-15,19H,4-5,16-18H2,(H,32,33)/t19-/m1/s1. The van der Waals surface area contributed by atoms with Gasteiger partial charge in [0.25, 0.3) is 0 Å². The Balaban J connectivity index is 1.49. The summed E-state index contributed by atoms with van der Waals surface area (Å²) in [6.07, 6.45) is 2.11. The van der Waals surface area contributed by atoms with Gasteiger partial charge in [0.2, 0.25) is 0 Å². The number of hydrogen-bond acceptors (Lipinski definition) is 4. The van der Waals surface area contributed by atoms with Crippen molar-refractivity contribution < 1.29 is 14.3 Å². The maximum Gasteiger partial charge on any atom is 0.303 e. The van der Waals surface area contributed by atoms with Gasteiger partial charge < -0.3 is 10.0 Å². The fraction of sp³-hybridized carbons (Fsp3) is 0.214. The first-order valence-electron chi connectivity index (χ1n) is 11.5. The van der Waals surface area contributed by atoms with E-state index in [0.717, 1.165) is 63.9 Å². The van der Waals surface area contributed by atoms with Crippen LogP contribution in [0, 0.1) is 11.7 Å². The molecule has 2 heterocycles. The number of aliphatic carboxylic acids is 1. The third-order valence-corrected chi connectivity index (χ3v) is 7.41. The predicted octanol–water partition coefficient (Wildman–Crippen LogP) is 6.97. The minimum absolute atomic E-state index is 0.147. The number of piperidine rings is 1. The van der Waals surface area contributed by atoms with Crippen LogP contribution in [0.25, 0.3) is 32.8 Å². The number of thiazole rings is 1. The molecule has 0 amide bonds. The largest absolute Gasteiger partial charge is 0.481 e. The van der Waals surface area contributed by atoms with Gasteiger partial charge in [0.05, 0.1) is 10.6 Å². The summed E-state index contributed by atoms with van der Waals surface area (Å²) in [6.45, 7) is 1.61. The molecule has 6 heteroatoms. The molecule has 1 atom stereocenters. The van der Waals surface area contributed by atoms with Crippen molar-refractivity contribution in [2.24, 2.45) is 5.92 Å². The van der Waals surface area contributed by atoms with Crippen molar-refractivity contribution in [3.8, 4) is 32.8 Å². The van der Waals surface area contributed by atoms with Crippen LogP contribution in [0.2, 0.25) is 0 Å². The van der Waals surface area contributed by atoms with E-state index >= 15 is 0 Å². The molecule has 172 valence electrons. The molecule has 1 fully saturated rings. The molecule has 0 saturated carbocycles. The van der Waals surface area contributed by atoms with Crippen molar-refractivity contribution in [3.05, 3.63) is 84.7 Å². The zero-order valence-corrected chi connectivity index (χ0v) is 19.5. The second-order valence-corrected chi connectivity index (χ2v) is 9.65. The van der Waals surface area contributed by atoms with Crippen LogP contribution in [0.15, 0.2) is 78.9 Å². The van der Waals surface area contributed by atoms with Gasteiger partial charge in [-0.1, -0.05) is 78.1 Å². The lowest BCUT2D eigenvalue weighted by Gasteiger charge is -2.31. The van der Waals surface area contributed by atoms with Crippen molar-refractivity contribution in [1.29, 1.82) is 0 Å². The summed E-state index contributed by atoms with van der Waals surface area (Å²) in [6, 6.07) is 25.0. The van der Waals surface area contributed by atoms with Gasteiger partial charge in [0.15, 0.2) is 5.13 Å². The quantitative estimate of drug-likeness (QED) is 0.329. The van der Waals surface area contributed by atoms with Gasteiger partial charge in [0.1, 0.15) is 5.82 Å². The van der Waals surface area contributed by atoms with E-state index in [2.05, 4.69) is 29.2 Å². The lowest BCUT2D eigenvalue weighted by atomic mass is 9.95. The maximum absolute atomic E-state index is 13.3. The fourth-order valence-electron chi connectivity index (χ4n) is 4.54. The van der Waals surface area contributed by atoms with Crippen molar-refractivity contribution >= 4 is 22.4 Å². The SMILES string of the molecule is O=C(O)C[C@H]1CCCN(c2nc(-c3ccc(-c4ccc(F)cc4)cc3)c(-c3ccccc3)s2)C1. The van der Waals surface area contributed by atoms with E-state index in [1.165, 1.54) is 12.1 Å². The molecule has 0 bridgehead atoms. The van der Waals surface area contributed by atoms with Crippen molar-refractivity contribution in [2.75, 3.05) is 18.0 Å². The molecule has 0 spiro atoms. The van der Waals surface area contributed by atoms with Crippen molar-refractivity contribution in [3.63, 3.8) is 0 Å². The molecule has 0 aliphatic carbocycles. The molecule has 34 heavy (non-hydrogen) atoms. The van der Waals surface area contributed by atoms with Crippen LogP contribution in [-0.4, -0.2) is 29.1 Å². The highest BCUT2D eigenvalue weighted by Gasteiger charge is 2.26. The van der Waals surface area contributed by atoms with Gasteiger partial charge in [0, 0.05) is 25.1 Å². The summed E-state index contributed by atoms with van der Waals surface area (Å²) >= 11 is 1.66. The second-order valence-electron chi connectivity index (χ2n) is 8.68. The Morgan fingerprint density at radius 2 is 1.59 bits per heavy atom. The average molecular weight is 473 g/mol. The van der Waals surface area contributed by atoms with E-state index in [9.17, 15) is 14.3 Å². The van der Waals surface area contributed by atoms with E-state index in [1.54, 1.807) is 23.5 Å². The minimum Gasteiger partial charge on any atom is -0.481 e. The summed E-state index contributed by atoms with van der Waals surface area (Å²) in [5.41, 5.74) is 5.05. The Labute approximate surface area is 202 Å². The van der Waals surface area contributed by atoms with Crippen LogP contribution in [0.1, 0.15) is 19.3 Å². The molecular weight excluding hydrogens is 447 g/mol. The first kappa shape index (κ1) is 22.3. The molecule has 4 aromatic rings. The predicted molar refractivity (Wildman–Crippen MR) is 136 cm³/mol. The third kappa shape index (κ3) is 4.87. The number of carboxylic acid groups (broad SMARTS) is 1. The lowest BCUT2D eigenvalue weighted by Crippen LogP contribution is -2.36. The number of aromatic nitrogens is 1. The highest BCUT2D eigenvalue weighted by molar-refractivity contribution is 7.19. The summed E-state index contributed by atoms with van der Waals surface area (Å²) in [7, 11) is 0. The molecule has 1 aliphatic rings. The molecular formula is C28H25FN2O2S. The number of hydrogen-bond donors (Lipinski definition) is 1. The smallest absolute Gasteiger partial charge is 0.303 e. The first-order chi connectivity index (χ1) is 16.6. The first-order valence-corrected chi connectivity index (χ1v) is 12.3. The molecule has 0 unspecified atom stereocenters. The number of halogens is 1. The van der Waals surface area contributed by atoms with Crippen LogP contribution in [0.5, 0.6) is 0 Å². The Bertz CT molecular complexity index is 1270. The molecule has 1 N–H and O–H groups in total. The Morgan fingerprint density at radius 3 is 2.26 bits per heavy atom. The van der Waals surface area contributed by atoms with Crippen LogP contribution in [0.4, 0.5) is 9.52 Å². The molecule has 4 nitrogen and oxygen atoms in total. The highest BCUT2D eigenvalue weighted by Crippen LogP contribution is 2.41. The Hall–Kier alpha value is -3.51. The number of benzene rings is 3. The summed E-state index contributed by atoms with van der Waals surface area (Å²) in [5, 5.41) is 10.2. The molecule has 5 rings (SSSR count). The van der Waals surface area contributed by atoms with Gasteiger partial charge in [-0.15, -0.1) is 0 Å². The van der Waals surface area contributed by atoms with E-state index in [4.69, 9.17) is 4.98 Å². The van der Waals surface area contributed by atoms with Crippen LogP contribution >= 0.6 is 11.3 Å². The highest BCUT2D eigenvalue weighted by atomic mass is 32.1. The van der Waals surface area contributed by atoms with Crippen LogP contribution in [-0.2, 0) is 4.79 Å². The van der Waals surface area contributed by atoms with Crippen LogP contribution < -0.4 is 4.90 Å². The van der Waals surface area contributed by atoms with Crippen LogP contribution in [0.3, 0.4) is 0 Å². The second kappa shape index (κ2) is 9.77. The monoisotopic (exact) mass is 472 g/mol. The molecule has 1 saturated heterocycles. The zero-order chi connectivity index (χ0) is 23.5. The number of carbonyl (C=O) groups is 1. The van der Waals surface area contributed by atoms with Crippen molar-refractivity contribution in [2.45, 2.75) is 19.3 Å². The summed E-state index contributed by atoms with van der Waals surface area (Å²) < 4.78 is 13.3. The average Bonchev–Trinajstić information content (AvgIpc) is 3.31. The topological polar surface area (TPSA) is 53.4 Å². The van der Waals surface area contributed by atoms with E-state index < -0.39 is 5.97 Å². The molecule has 1 aliphatic heterocycles. The molecule has 0 radical (unpaired) electrons. The Kier molecular flexibility index (Phi) is 6.41. The molecule has 3 aromatic carbocycles. The fourth-order valence-corrected chi connectivity index (χ4v) is 5.67. The van der Waals surface area contributed by atoms with E-state index in [1.807, 2.05) is 30.3 Å². The minimum atomic E-state index is -0.738. The van der Waals surface area contributed by atoms with Gasteiger partial charge in [-0.2, -0.15) is 0 Å². The number of rotatable bonds is 6. The van der Waals surface area contributed by atoms with Gasteiger partial charge >= 0.3 is 5.97 Å². The Morgan fingerprint density at radius 1 is 0.941 bits per heavy atom. The van der Waals surface area contributed by atoms with E-state index in [-0.39, 0.29) is 18.2 Å². The van der Waals surface area contributed by atoms with E-state index in [0.29, 0.717) is 0 Å². The maximum atomic E-state index is 13.3. The van der Waals surface area contributed by atoms with Gasteiger partial charge in [-0.25, -0.2) is 9.37 Å².